The number of pyridine rings is 1. The molecule has 2 aromatic rings. The molecular formula is C19H21FN4O3. The fourth-order valence-electron chi connectivity index (χ4n) is 2.13. The summed E-state index contributed by atoms with van der Waals surface area (Å²) in [5.41, 5.74) is 11.5. The second-order valence-corrected chi connectivity index (χ2v) is 6.88. The number of ether oxygens (including phenoxy) is 1. The third-order valence-corrected chi connectivity index (χ3v) is 3.59. The number of nitrogens with zero attached hydrogens (tertiary/aromatic N) is 1. The van der Waals surface area contributed by atoms with Gasteiger partial charge < -0.3 is 26.6 Å². The maximum Gasteiger partial charge on any atom is 0.405 e. The van der Waals surface area contributed by atoms with Gasteiger partial charge in [-0.05, 0) is 17.5 Å². The Balaban J connectivity index is 2.42. The molecule has 0 fully saturated rings. The lowest BCUT2D eigenvalue weighted by Gasteiger charge is -2.25. The first-order valence-electron chi connectivity index (χ1n) is 8.06. The summed E-state index contributed by atoms with van der Waals surface area (Å²) in [5.74, 6) is 5.25. The average Bonchev–Trinajstić information content (AvgIpc) is 2.54. The third kappa shape index (κ3) is 5.25. The average molecular weight is 372 g/mol. The van der Waals surface area contributed by atoms with E-state index in [9.17, 15) is 9.18 Å². The van der Waals surface area contributed by atoms with Gasteiger partial charge in [-0.25, -0.2) is 14.2 Å². The summed E-state index contributed by atoms with van der Waals surface area (Å²) in [6, 6.07) is 4.85. The number of hydrogen-bond donors (Lipinski definition) is 4. The van der Waals surface area contributed by atoms with E-state index < -0.39 is 23.4 Å². The minimum atomic E-state index is -1.19. The van der Waals surface area contributed by atoms with Crippen LogP contribution in [-0.2, 0) is 0 Å². The number of nitrogens with one attached hydrogen (secondary N) is 1. The van der Waals surface area contributed by atoms with Crippen LogP contribution >= 0.6 is 0 Å². The Morgan fingerprint density at radius 3 is 2.59 bits per heavy atom. The maximum absolute atomic E-state index is 14.0. The number of benzene rings is 1. The Kier molecular flexibility index (Phi) is 5.75. The van der Waals surface area contributed by atoms with Gasteiger partial charge >= 0.3 is 6.09 Å². The summed E-state index contributed by atoms with van der Waals surface area (Å²) in [6.45, 7) is 5.53. The molecule has 0 aliphatic carbocycles. The quantitative estimate of drug-likeness (QED) is 0.484. The molecule has 0 spiro atoms. The maximum atomic E-state index is 14.0. The molecular weight excluding hydrogens is 351 g/mol. The van der Waals surface area contributed by atoms with Crippen molar-refractivity contribution in [2.45, 2.75) is 26.8 Å². The number of nitrogens with two attached hydrogens (primary N) is 2. The van der Waals surface area contributed by atoms with E-state index in [1.54, 1.807) is 0 Å². The number of amides is 1. The molecule has 142 valence electrons. The monoisotopic (exact) mass is 372 g/mol. The summed E-state index contributed by atoms with van der Waals surface area (Å²) < 4.78 is 19.6. The normalized spacial score (nSPS) is 11.9. The van der Waals surface area contributed by atoms with Crippen LogP contribution in [0.2, 0.25) is 0 Å². The molecule has 0 saturated carbocycles. The molecule has 27 heavy (non-hydrogen) atoms. The largest absolute Gasteiger partial charge is 0.465 e. The van der Waals surface area contributed by atoms with Gasteiger partial charge in [0.15, 0.2) is 11.6 Å². The van der Waals surface area contributed by atoms with E-state index in [-0.39, 0.29) is 28.6 Å². The zero-order valence-electron chi connectivity index (χ0n) is 15.2. The molecule has 2 rings (SSSR count). The summed E-state index contributed by atoms with van der Waals surface area (Å²) in [6.07, 6.45) is 0.214. The molecule has 0 radical (unpaired) electrons. The number of carbonyl (C=O) groups is 1. The Morgan fingerprint density at radius 2 is 2.00 bits per heavy atom. The molecule has 1 amide bonds. The number of hydrogen-bond acceptors (Lipinski definition) is 5. The van der Waals surface area contributed by atoms with Crippen LogP contribution in [0.25, 0.3) is 0 Å². The van der Waals surface area contributed by atoms with E-state index in [1.165, 1.54) is 24.4 Å². The van der Waals surface area contributed by atoms with Crippen molar-refractivity contribution in [3.8, 4) is 23.3 Å². The Hall–Kier alpha value is -3.47. The fourth-order valence-corrected chi connectivity index (χ4v) is 2.13. The number of nitrogen functional groups attached to an aromatic ring is 2. The van der Waals surface area contributed by atoms with Gasteiger partial charge in [0.05, 0.1) is 6.04 Å². The molecule has 0 aliphatic heterocycles. The van der Waals surface area contributed by atoms with Gasteiger partial charge in [-0.1, -0.05) is 32.6 Å². The number of carboxylic acid groups (broad SMARTS) is 1. The van der Waals surface area contributed by atoms with Crippen molar-refractivity contribution < 1.29 is 19.0 Å². The van der Waals surface area contributed by atoms with Crippen LogP contribution in [0.4, 0.5) is 20.7 Å². The van der Waals surface area contributed by atoms with Crippen LogP contribution in [0.1, 0.15) is 26.3 Å². The van der Waals surface area contributed by atoms with Crippen LogP contribution < -0.4 is 21.5 Å². The Labute approximate surface area is 156 Å². The summed E-state index contributed by atoms with van der Waals surface area (Å²) in [5, 5.41) is 11.4. The number of rotatable bonds is 3. The van der Waals surface area contributed by atoms with Crippen molar-refractivity contribution in [1.82, 2.24) is 10.3 Å². The number of aromatic nitrogens is 1. The molecule has 1 heterocycles. The third-order valence-electron chi connectivity index (χ3n) is 3.59. The smallest absolute Gasteiger partial charge is 0.405 e. The van der Waals surface area contributed by atoms with Crippen LogP contribution in [0.15, 0.2) is 30.5 Å². The molecule has 1 aromatic carbocycles. The van der Waals surface area contributed by atoms with E-state index in [0.29, 0.717) is 0 Å². The zero-order valence-corrected chi connectivity index (χ0v) is 15.2. The van der Waals surface area contributed by atoms with Gasteiger partial charge in [0.25, 0.3) is 0 Å². The summed E-state index contributed by atoms with van der Waals surface area (Å²) in [4.78, 5) is 15.0. The second-order valence-electron chi connectivity index (χ2n) is 6.88. The molecule has 1 aromatic heterocycles. The van der Waals surface area contributed by atoms with Crippen LogP contribution in [0.5, 0.6) is 11.5 Å². The molecule has 1 unspecified atom stereocenters. The predicted molar refractivity (Wildman–Crippen MR) is 101 cm³/mol. The van der Waals surface area contributed by atoms with Crippen LogP contribution in [-0.4, -0.2) is 22.2 Å². The SMILES string of the molecule is CC(C)(C)C(C#Cc1c(Oc2ccc(N)cc2F)ccnc1N)NC(=O)O. The van der Waals surface area contributed by atoms with E-state index in [2.05, 4.69) is 22.1 Å². The highest BCUT2D eigenvalue weighted by molar-refractivity contribution is 5.66. The second kappa shape index (κ2) is 7.83. The molecule has 6 N–H and O–H groups in total. The lowest BCUT2D eigenvalue weighted by atomic mass is 9.87. The highest BCUT2D eigenvalue weighted by Crippen LogP contribution is 2.30. The number of halogens is 1. The van der Waals surface area contributed by atoms with E-state index in [0.717, 1.165) is 6.07 Å². The lowest BCUT2D eigenvalue weighted by Crippen LogP contribution is -2.42. The fraction of sp³-hybridized carbons (Fsp3) is 0.263. The molecule has 7 nitrogen and oxygen atoms in total. The minimum absolute atomic E-state index is 0.0473. The topological polar surface area (TPSA) is 123 Å². The van der Waals surface area contributed by atoms with E-state index >= 15 is 0 Å². The van der Waals surface area contributed by atoms with Gasteiger partial charge in [0.1, 0.15) is 17.1 Å². The molecule has 0 bridgehead atoms. The zero-order chi connectivity index (χ0) is 20.2. The van der Waals surface area contributed by atoms with Gasteiger partial charge in [-0.2, -0.15) is 0 Å². The lowest BCUT2D eigenvalue weighted by molar-refractivity contribution is 0.183. The van der Waals surface area contributed by atoms with Crippen LogP contribution in [0.3, 0.4) is 0 Å². The standard InChI is InChI=1S/C19H21FN4O3/c1-19(2,3)16(24-18(25)26)7-5-12-14(8-9-23-17(12)22)27-15-6-4-11(21)10-13(15)20/h4,6,8-10,16,24H,21H2,1-3H3,(H2,22,23)(H,25,26). The first-order valence-corrected chi connectivity index (χ1v) is 8.06. The van der Waals surface area contributed by atoms with Gasteiger partial charge in [0.2, 0.25) is 0 Å². The van der Waals surface area contributed by atoms with Gasteiger partial charge in [-0.15, -0.1) is 0 Å². The highest BCUT2D eigenvalue weighted by atomic mass is 19.1. The first-order chi connectivity index (χ1) is 12.6. The van der Waals surface area contributed by atoms with Crippen LogP contribution in [0, 0.1) is 23.1 Å². The van der Waals surface area contributed by atoms with E-state index in [1.807, 2.05) is 20.8 Å². The van der Waals surface area contributed by atoms with Crippen molar-refractivity contribution in [3.05, 3.63) is 41.8 Å². The highest BCUT2D eigenvalue weighted by Gasteiger charge is 2.24. The first kappa shape index (κ1) is 19.8. The van der Waals surface area contributed by atoms with E-state index in [4.69, 9.17) is 21.3 Å². The Morgan fingerprint density at radius 1 is 1.30 bits per heavy atom. The van der Waals surface area contributed by atoms with Crippen molar-refractivity contribution in [2.75, 3.05) is 11.5 Å². The van der Waals surface area contributed by atoms with Crippen molar-refractivity contribution in [3.63, 3.8) is 0 Å². The minimum Gasteiger partial charge on any atom is -0.465 e. The Bertz CT molecular complexity index is 913. The van der Waals surface area contributed by atoms with Crippen molar-refractivity contribution in [1.29, 1.82) is 0 Å². The number of anilines is 2. The van der Waals surface area contributed by atoms with Gasteiger partial charge in [-0.3, -0.25) is 0 Å². The van der Waals surface area contributed by atoms with Crippen molar-refractivity contribution >= 4 is 17.6 Å². The predicted octanol–water partition coefficient (Wildman–Crippen LogP) is 3.21. The molecule has 1 atom stereocenters. The molecule has 8 heteroatoms. The molecule has 0 saturated heterocycles. The van der Waals surface area contributed by atoms with Crippen molar-refractivity contribution in [2.24, 2.45) is 5.41 Å². The molecule has 0 aliphatic rings. The summed E-state index contributed by atoms with van der Waals surface area (Å²) in [7, 11) is 0. The van der Waals surface area contributed by atoms with Gasteiger partial charge in [0, 0.05) is 24.0 Å². The summed E-state index contributed by atoms with van der Waals surface area (Å²) >= 11 is 0.